The van der Waals surface area contributed by atoms with Gasteiger partial charge in [0.1, 0.15) is 0 Å². The number of carbonyl (C=O) groups excluding carboxylic acids is 1. The second kappa shape index (κ2) is 6.75. The Balaban J connectivity index is 1.92. The molecule has 1 saturated heterocycles. The van der Waals surface area contributed by atoms with Gasteiger partial charge in [0.15, 0.2) is 5.78 Å². The van der Waals surface area contributed by atoms with Crippen molar-refractivity contribution in [3.05, 3.63) is 12.2 Å². The van der Waals surface area contributed by atoms with Crippen LogP contribution in [0.15, 0.2) is 12.2 Å². The average molecular weight is 212 g/mol. The van der Waals surface area contributed by atoms with E-state index in [9.17, 15) is 4.79 Å². The van der Waals surface area contributed by atoms with Crippen LogP contribution < -0.4 is 0 Å². The maximum absolute atomic E-state index is 11.2. The van der Waals surface area contributed by atoms with Gasteiger partial charge in [0.05, 0.1) is 12.7 Å². The van der Waals surface area contributed by atoms with Crippen molar-refractivity contribution in [1.82, 2.24) is 0 Å². The van der Waals surface area contributed by atoms with E-state index in [1.807, 2.05) is 0 Å². The maximum atomic E-state index is 11.2. The molecule has 3 nitrogen and oxygen atoms in total. The number of ether oxygens (including phenoxy) is 2. The van der Waals surface area contributed by atoms with Crippen LogP contribution in [0.25, 0.3) is 0 Å². The van der Waals surface area contributed by atoms with Crippen LogP contribution in [-0.2, 0) is 14.3 Å². The molecule has 0 N–H and O–H groups in total. The van der Waals surface area contributed by atoms with Crippen molar-refractivity contribution in [2.75, 3.05) is 19.8 Å². The molecule has 1 fully saturated rings. The topological polar surface area (TPSA) is 35.5 Å². The minimum Gasteiger partial charge on any atom is -0.379 e. The Labute approximate surface area is 91.4 Å². The third-order valence-corrected chi connectivity index (χ3v) is 2.50. The van der Waals surface area contributed by atoms with Gasteiger partial charge < -0.3 is 9.47 Å². The molecular formula is C12H20O3. The highest BCUT2D eigenvalue weighted by molar-refractivity contribution is 5.93. The summed E-state index contributed by atoms with van der Waals surface area (Å²) < 4.78 is 10.9. The predicted molar refractivity (Wildman–Crippen MR) is 58.8 cm³/mol. The molecule has 15 heavy (non-hydrogen) atoms. The van der Waals surface area contributed by atoms with E-state index in [1.165, 1.54) is 0 Å². The van der Waals surface area contributed by atoms with Crippen molar-refractivity contribution in [3.8, 4) is 0 Å². The molecule has 0 spiro atoms. The Kier molecular flexibility index (Phi) is 5.58. The Morgan fingerprint density at radius 2 is 2.40 bits per heavy atom. The quantitative estimate of drug-likeness (QED) is 0.479. The zero-order valence-electron chi connectivity index (χ0n) is 9.46. The lowest BCUT2D eigenvalue weighted by Gasteiger charge is -2.09. The summed E-state index contributed by atoms with van der Waals surface area (Å²) in [6.07, 6.45) is 3.84. The highest BCUT2D eigenvalue weighted by atomic mass is 16.5. The van der Waals surface area contributed by atoms with Gasteiger partial charge in [0.25, 0.3) is 0 Å². The van der Waals surface area contributed by atoms with E-state index in [1.54, 1.807) is 6.92 Å². The highest BCUT2D eigenvalue weighted by Gasteiger charge is 2.14. The Morgan fingerprint density at radius 1 is 1.60 bits per heavy atom. The molecule has 1 aliphatic rings. The first-order valence-electron chi connectivity index (χ1n) is 5.58. The fraction of sp³-hybridized carbons (Fsp3) is 0.750. The number of rotatable bonds is 7. The molecule has 0 aromatic rings. The Morgan fingerprint density at radius 3 is 3.00 bits per heavy atom. The van der Waals surface area contributed by atoms with Gasteiger partial charge in [0, 0.05) is 19.6 Å². The fourth-order valence-electron chi connectivity index (χ4n) is 1.54. The van der Waals surface area contributed by atoms with Gasteiger partial charge in [-0.15, -0.1) is 0 Å². The molecule has 0 saturated carbocycles. The van der Waals surface area contributed by atoms with E-state index in [0.717, 1.165) is 25.9 Å². The van der Waals surface area contributed by atoms with Crippen LogP contribution in [0.5, 0.6) is 0 Å². The van der Waals surface area contributed by atoms with Crippen LogP contribution in [0.2, 0.25) is 0 Å². The number of Topliss-reactive ketones (excluding diaryl/α,β-unsaturated/α-hetero) is 1. The van der Waals surface area contributed by atoms with E-state index in [4.69, 9.17) is 9.47 Å². The lowest BCUT2D eigenvalue weighted by molar-refractivity contribution is -0.115. The molecule has 86 valence electrons. The number of hydrogen-bond donors (Lipinski definition) is 0. The van der Waals surface area contributed by atoms with Gasteiger partial charge >= 0.3 is 0 Å². The van der Waals surface area contributed by atoms with Crippen LogP contribution in [-0.4, -0.2) is 31.7 Å². The summed E-state index contributed by atoms with van der Waals surface area (Å²) in [6.45, 7) is 7.52. The van der Waals surface area contributed by atoms with E-state index in [0.29, 0.717) is 25.2 Å². The number of allylic oxidation sites excluding steroid dienone is 1. The second-order valence-electron chi connectivity index (χ2n) is 4.02. The van der Waals surface area contributed by atoms with Crippen LogP contribution in [0.1, 0.15) is 32.6 Å². The van der Waals surface area contributed by atoms with E-state index in [2.05, 4.69) is 6.58 Å². The molecule has 1 aliphatic heterocycles. The summed E-state index contributed by atoms with van der Waals surface area (Å²) in [5, 5.41) is 0. The molecule has 0 aromatic heterocycles. The van der Waals surface area contributed by atoms with Crippen molar-refractivity contribution in [2.45, 2.75) is 38.7 Å². The minimum atomic E-state index is 0.135. The molecule has 0 aliphatic carbocycles. The van der Waals surface area contributed by atoms with Crippen LogP contribution in [0.3, 0.4) is 0 Å². The Hall–Kier alpha value is -0.670. The van der Waals surface area contributed by atoms with Crippen molar-refractivity contribution in [2.24, 2.45) is 0 Å². The van der Waals surface area contributed by atoms with Crippen LogP contribution >= 0.6 is 0 Å². The molecule has 0 amide bonds. The monoisotopic (exact) mass is 212 g/mol. The molecule has 1 unspecified atom stereocenters. The summed E-state index contributed by atoms with van der Waals surface area (Å²) >= 11 is 0. The minimum absolute atomic E-state index is 0.135. The maximum Gasteiger partial charge on any atom is 0.158 e. The van der Waals surface area contributed by atoms with Crippen molar-refractivity contribution >= 4 is 5.78 Å². The molecule has 0 aromatic carbocycles. The van der Waals surface area contributed by atoms with Crippen LogP contribution in [0, 0.1) is 0 Å². The summed E-state index contributed by atoms with van der Waals surface area (Å²) in [5.41, 5.74) is 0.633. The first-order chi connectivity index (χ1) is 7.20. The summed E-state index contributed by atoms with van der Waals surface area (Å²) in [6, 6.07) is 0. The van der Waals surface area contributed by atoms with Gasteiger partial charge in [-0.2, -0.15) is 0 Å². The summed E-state index contributed by atoms with van der Waals surface area (Å²) in [5.74, 6) is 0.135. The number of hydrogen-bond acceptors (Lipinski definition) is 3. The third-order valence-electron chi connectivity index (χ3n) is 2.50. The molecule has 0 bridgehead atoms. The molecule has 1 atom stereocenters. The van der Waals surface area contributed by atoms with E-state index < -0.39 is 0 Å². The van der Waals surface area contributed by atoms with Gasteiger partial charge in [-0.1, -0.05) is 6.58 Å². The summed E-state index contributed by atoms with van der Waals surface area (Å²) in [7, 11) is 0. The Bertz CT molecular complexity index is 217. The SMILES string of the molecule is C=C(C)C(=O)CCCOCC1CCCO1. The van der Waals surface area contributed by atoms with Gasteiger partial charge in [-0.3, -0.25) is 4.79 Å². The standard InChI is InChI=1S/C12H20O3/c1-10(2)12(13)6-4-7-14-9-11-5-3-8-15-11/h11H,1,3-9H2,2H3. The van der Waals surface area contributed by atoms with Crippen molar-refractivity contribution in [1.29, 1.82) is 0 Å². The normalized spacial score (nSPS) is 20.5. The first kappa shape index (κ1) is 12.4. The number of carbonyl (C=O) groups is 1. The lowest BCUT2D eigenvalue weighted by Crippen LogP contribution is -2.14. The first-order valence-corrected chi connectivity index (χ1v) is 5.58. The molecular weight excluding hydrogens is 192 g/mol. The third kappa shape index (κ3) is 5.09. The second-order valence-corrected chi connectivity index (χ2v) is 4.02. The van der Waals surface area contributed by atoms with E-state index in [-0.39, 0.29) is 11.9 Å². The zero-order chi connectivity index (χ0) is 11.1. The highest BCUT2D eigenvalue weighted by Crippen LogP contribution is 2.12. The smallest absolute Gasteiger partial charge is 0.158 e. The molecule has 0 radical (unpaired) electrons. The van der Waals surface area contributed by atoms with Gasteiger partial charge in [0.2, 0.25) is 0 Å². The van der Waals surface area contributed by atoms with Gasteiger partial charge in [-0.05, 0) is 31.8 Å². The van der Waals surface area contributed by atoms with Crippen LogP contribution in [0.4, 0.5) is 0 Å². The van der Waals surface area contributed by atoms with Crippen molar-refractivity contribution in [3.63, 3.8) is 0 Å². The van der Waals surface area contributed by atoms with Gasteiger partial charge in [-0.25, -0.2) is 0 Å². The lowest BCUT2D eigenvalue weighted by atomic mass is 10.1. The summed E-state index contributed by atoms with van der Waals surface area (Å²) in [4.78, 5) is 11.2. The molecule has 3 heteroatoms. The largest absolute Gasteiger partial charge is 0.379 e. The molecule has 1 rings (SSSR count). The fourth-order valence-corrected chi connectivity index (χ4v) is 1.54. The van der Waals surface area contributed by atoms with E-state index >= 15 is 0 Å². The average Bonchev–Trinajstić information content (AvgIpc) is 2.69. The number of ketones is 1. The zero-order valence-corrected chi connectivity index (χ0v) is 9.46. The van der Waals surface area contributed by atoms with Crippen molar-refractivity contribution < 1.29 is 14.3 Å². The predicted octanol–water partition coefficient (Wildman–Crippen LogP) is 2.11. The molecule has 1 heterocycles.